The molecule has 3 fully saturated rings. The second kappa shape index (κ2) is 7.98. The van der Waals surface area contributed by atoms with E-state index in [9.17, 15) is 9.59 Å². The average molecular weight is 410 g/mol. The number of halogens is 2. The number of likely N-dealkylation sites (tertiary alicyclic amines) is 2. The van der Waals surface area contributed by atoms with E-state index in [1.54, 1.807) is 23.1 Å². The van der Waals surface area contributed by atoms with E-state index >= 15 is 0 Å². The number of hydrogen-bond acceptors (Lipinski definition) is 3. The van der Waals surface area contributed by atoms with Gasteiger partial charge in [0.15, 0.2) is 0 Å². The van der Waals surface area contributed by atoms with Gasteiger partial charge in [-0.1, -0.05) is 23.2 Å². The summed E-state index contributed by atoms with van der Waals surface area (Å²) in [6.45, 7) is 4.45. The van der Waals surface area contributed by atoms with Gasteiger partial charge < -0.3 is 14.7 Å². The van der Waals surface area contributed by atoms with E-state index in [2.05, 4.69) is 4.90 Å². The van der Waals surface area contributed by atoms with Crippen molar-refractivity contribution in [2.75, 3.05) is 37.6 Å². The van der Waals surface area contributed by atoms with Crippen molar-refractivity contribution in [2.45, 2.75) is 38.1 Å². The van der Waals surface area contributed by atoms with E-state index in [1.807, 2.05) is 4.90 Å². The molecular formula is C20H25Cl2N3O2. The maximum atomic E-state index is 13.0. The fourth-order valence-corrected chi connectivity index (χ4v) is 4.89. The zero-order chi connectivity index (χ0) is 19.0. The predicted octanol–water partition coefficient (Wildman–Crippen LogP) is 3.43. The average Bonchev–Trinajstić information content (AvgIpc) is 3.34. The smallest absolute Gasteiger partial charge is 0.239 e. The minimum atomic E-state index is -0.567. The number of nitrogens with zero attached hydrogens (tertiary/aromatic N) is 3. The van der Waals surface area contributed by atoms with Crippen molar-refractivity contribution in [1.29, 1.82) is 0 Å². The third-order valence-corrected chi connectivity index (χ3v) is 6.89. The Balaban J connectivity index is 1.37. The number of hydrogen-bond donors (Lipinski definition) is 0. The molecule has 3 saturated heterocycles. The van der Waals surface area contributed by atoms with Crippen LogP contribution in [0.1, 0.15) is 32.1 Å². The van der Waals surface area contributed by atoms with Crippen LogP contribution in [0, 0.1) is 5.92 Å². The minimum absolute atomic E-state index is 0.0116. The van der Waals surface area contributed by atoms with Crippen LogP contribution in [-0.4, -0.2) is 60.4 Å². The minimum Gasteiger partial charge on any atom is -0.342 e. The molecule has 3 heterocycles. The monoisotopic (exact) mass is 409 g/mol. The molecule has 0 N–H and O–H groups in total. The lowest BCUT2D eigenvalue weighted by Gasteiger charge is -2.37. The highest BCUT2D eigenvalue weighted by molar-refractivity contribution is 6.42. The lowest BCUT2D eigenvalue weighted by molar-refractivity contribution is -0.141. The quantitative estimate of drug-likeness (QED) is 0.718. The molecule has 0 saturated carbocycles. The van der Waals surface area contributed by atoms with Gasteiger partial charge in [0.1, 0.15) is 5.92 Å². The molecular weight excluding hydrogens is 385 g/mol. The maximum Gasteiger partial charge on any atom is 0.239 e. The normalized spacial score (nSPS) is 24.8. The number of rotatable bonds is 3. The molecule has 0 aromatic heterocycles. The van der Waals surface area contributed by atoms with Gasteiger partial charge in [-0.05, 0) is 63.4 Å². The molecule has 5 nitrogen and oxygen atoms in total. The van der Waals surface area contributed by atoms with Crippen molar-refractivity contribution in [3.8, 4) is 0 Å². The highest BCUT2D eigenvalue weighted by atomic mass is 35.5. The standard InChI is InChI=1S/C20H25Cl2N3O2/c21-17-4-3-15(13-18(17)22)25-12-7-16(20(25)27)19(26)24-10-5-14(6-11-24)23-8-1-2-9-23/h3-4,13-14,16H,1-2,5-12H2. The lowest BCUT2D eigenvalue weighted by Crippen LogP contribution is -2.48. The van der Waals surface area contributed by atoms with Gasteiger partial charge in [0.2, 0.25) is 11.8 Å². The molecule has 0 bridgehead atoms. The molecule has 4 rings (SSSR count). The summed E-state index contributed by atoms with van der Waals surface area (Å²) in [6, 6.07) is 5.75. The molecule has 0 radical (unpaired) electrons. The molecule has 1 aromatic carbocycles. The van der Waals surface area contributed by atoms with Gasteiger partial charge in [-0.15, -0.1) is 0 Å². The summed E-state index contributed by atoms with van der Waals surface area (Å²) in [7, 11) is 0. The Morgan fingerprint density at radius 3 is 2.30 bits per heavy atom. The molecule has 1 unspecified atom stereocenters. The molecule has 2 amide bonds. The second-order valence-electron chi connectivity index (χ2n) is 7.73. The molecule has 3 aliphatic rings. The molecule has 27 heavy (non-hydrogen) atoms. The van der Waals surface area contributed by atoms with E-state index in [0.717, 1.165) is 25.9 Å². The van der Waals surface area contributed by atoms with Gasteiger partial charge >= 0.3 is 0 Å². The number of amides is 2. The highest BCUT2D eigenvalue weighted by Crippen LogP contribution is 2.32. The first-order valence-electron chi connectivity index (χ1n) is 9.84. The van der Waals surface area contributed by atoms with Crippen LogP contribution < -0.4 is 4.90 Å². The third-order valence-electron chi connectivity index (χ3n) is 6.15. The lowest BCUT2D eigenvalue weighted by atomic mass is 10.00. The van der Waals surface area contributed by atoms with Crippen molar-refractivity contribution < 1.29 is 9.59 Å². The summed E-state index contributed by atoms with van der Waals surface area (Å²) in [4.78, 5) is 31.9. The van der Waals surface area contributed by atoms with Crippen LogP contribution in [0.2, 0.25) is 10.0 Å². The van der Waals surface area contributed by atoms with E-state index in [0.29, 0.717) is 34.7 Å². The van der Waals surface area contributed by atoms with Crippen LogP contribution in [0.25, 0.3) is 0 Å². The predicted molar refractivity (Wildman–Crippen MR) is 107 cm³/mol. The van der Waals surface area contributed by atoms with E-state index < -0.39 is 5.92 Å². The number of carbonyl (C=O) groups is 2. The summed E-state index contributed by atoms with van der Waals surface area (Å²) in [6.07, 6.45) is 5.18. The first kappa shape index (κ1) is 19.0. The molecule has 146 valence electrons. The van der Waals surface area contributed by atoms with Crippen LogP contribution >= 0.6 is 23.2 Å². The Kier molecular flexibility index (Phi) is 5.62. The van der Waals surface area contributed by atoms with Gasteiger partial charge in [-0.2, -0.15) is 0 Å². The molecule has 0 spiro atoms. The molecule has 1 aromatic rings. The zero-order valence-electron chi connectivity index (χ0n) is 15.4. The van der Waals surface area contributed by atoms with Gasteiger partial charge in [-0.3, -0.25) is 9.59 Å². The van der Waals surface area contributed by atoms with Crippen molar-refractivity contribution >= 4 is 40.7 Å². The molecule has 7 heteroatoms. The Labute approximate surface area is 170 Å². The van der Waals surface area contributed by atoms with Crippen LogP contribution in [0.15, 0.2) is 18.2 Å². The Hall–Kier alpha value is -1.30. The van der Waals surface area contributed by atoms with Gasteiger partial charge in [0.25, 0.3) is 0 Å². The number of benzene rings is 1. The van der Waals surface area contributed by atoms with Crippen LogP contribution in [0.4, 0.5) is 5.69 Å². The van der Waals surface area contributed by atoms with E-state index in [1.165, 1.54) is 25.9 Å². The Morgan fingerprint density at radius 1 is 0.926 bits per heavy atom. The number of piperidine rings is 1. The van der Waals surface area contributed by atoms with E-state index in [4.69, 9.17) is 23.2 Å². The second-order valence-corrected chi connectivity index (χ2v) is 8.54. The van der Waals surface area contributed by atoms with Gasteiger partial charge in [0, 0.05) is 31.4 Å². The fraction of sp³-hybridized carbons (Fsp3) is 0.600. The fourth-order valence-electron chi connectivity index (χ4n) is 4.60. The molecule has 1 atom stereocenters. The maximum absolute atomic E-state index is 13.0. The van der Waals surface area contributed by atoms with Crippen molar-refractivity contribution in [3.05, 3.63) is 28.2 Å². The first-order chi connectivity index (χ1) is 13.0. The summed E-state index contributed by atoms with van der Waals surface area (Å²) in [5.74, 6) is -0.703. The van der Waals surface area contributed by atoms with Gasteiger partial charge in [-0.25, -0.2) is 0 Å². The van der Waals surface area contributed by atoms with Gasteiger partial charge in [0.05, 0.1) is 10.0 Å². The van der Waals surface area contributed by atoms with Crippen LogP contribution in [-0.2, 0) is 9.59 Å². The summed E-state index contributed by atoms with van der Waals surface area (Å²) in [5.41, 5.74) is 0.706. The van der Waals surface area contributed by atoms with Crippen LogP contribution in [0.5, 0.6) is 0 Å². The van der Waals surface area contributed by atoms with Crippen molar-refractivity contribution in [3.63, 3.8) is 0 Å². The van der Waals surface area contributed by atoms with E-state index in [-0.39, 0.29) is 11.8 Å². The largest absolute Gasteiger partial charge is 0.342 e. The van der Waals surface area contributed by atoms with Crippen LogP contribution in [0.3, 0.4) is 0 Å². The highest BCUT2D eigenvalue weighted by Gasteiger charge is 2.41. The Bertz CT molecular complexity index is 728. The summed E-state index contributed by atoms with van der Waals surface area (Å²) < 4.78 is 0. The van der Waals surface area contributed by atoms with Crippen molar-refractivity contribution in [2.24, 2.45) is 5.92 Å². The summed E-state index contributed by atoms with van der Waals surface area (Å²) in [5, 5.41) is 0.876. The molecule has 3 aliphatic heterocycles. The number of carbonyl (C=O) groups excluding carboxylic acids is 2. The zero-order valence-corrected chi connectivity index (χ0v) is 16.9. The topological polar surface area (TPSA) is 43.9 Å². The first-order valence-corrected chi connectivity index (χ1v) is 10.6. The molecule has 0 aliphatic carbocycles. The SMILES string of the molecule is O=C(C1CCN(c2ccc(Cl)c(Cl)c2)C1=O)N1CCC(N2CCCC2)CC1. The third kappa shape index (κ3) is 3.82. The number of anilines is 1. The Morgan fingerprint density at radius 2 is 1.63 bits per heavy atom. The summed E-state index contributed by atoms with van der Waals surface area (Å²) >= 11 is 12.0. The van der Waals surface area contributed by atoms with Crippen molar-refractivity contribution in [1.82, 2.24) is 9.80 Å².